The molecule has 2 rings (SSSR count). The Hall–Kier alpha value is -1.26. The van der Waals surface area contributed by atoms with Gasteiger partial charge in [0.1, 0.15) is 6.04 Å². The molecule has 3 unspecified atom stereocenters. The fraction of sp³-hybridized carbons (Fsp3) is 0.889. The maximum absolute atomic E-state index is 11.7. The van der Waals surface area contributed by atoms with Crippen LogP contribution >= 0.6 is 0 Å². The second-order valence-corrected chi connectivity index (χ2v) is 4.03. The van der Waals surface area contributed by atoms with E-state index < -0.39 is 6.04 Å². The predicted octanol–water partition coefficient (Wildman–Crippen LogP) is 1.07. The number of amides is 1. The number of azide groups is 1. The monoisotopic (exact) mass is 210 g/mol. The number of fused-ring (bicyclic) bond motifs is 1. The van der Waals surface area contributed by atoms with E-state index in [1.807, 2.05) is 0 Å². The molecule has 15 heavy (non-hydrogen) atoms. The largest absolute Gasteiger partial charge is 0.372 e. The van der Waals surface area contributed by atoms with Gasteiger partial charge in [-0.3, -0.25) is 4.79 Å². The molecule has 2 aliphatic rings. The van der Waals surface area contributed by atoms with Crippen LogP contribution in [0.15, 0.2) is 5.11 Å². The Morgan fingerprint density at radius 2 is 2.47 bits per heavy atom. The average molecular weight is 210 g/mol. The average Bonchev–Trinajstić information content (AvgIpc) is 2.74. The second kappa shape index (κ2) is 3.72. The van der Waals surface area contributed by atoms with Gasteiger partial charge >= 0.3 is 0 Å². The summed E-state index contributed by atoms with van der Waals surface area (Å²) in [5, 5.41) is 3.53. The molecule has 82 valence electrons. The Morgan fingerprint density at radius 1 is 1.73 bits per heavy atom. The van der Waals surface area contributed by atoms with Crippen LogP contribution in [0.2, 0.25) is 0 Å². The summed E-state index contributed by atoms with van der Waals surface area (Å²) in [5.74, 6) is -0.127. The Morgan fingerprint density at radius 3 is 3.07 bits per heavy atom. The first kappa shape index (κ1) is 10.3. The molecule has 6 nitrogen and oxygen atoms in total. The third-order valence-corrected chi connectivity index (χ3v) is 3.27. The number of likely N-dealkylation sites (tertiary alicyclic amines) is 1. The van der Waals surface area contributed by atoms with Gasteiger partial charge in [0.25, 0.3) is 0 Å². The zero-order valence-corrected chi connectivity index (χ0v) is 8.83. The molecule has 2 heterocycles. The van der Waals surface area contributed by atoms with Crippen molar-refractivity contribution in [3.05, 3.63) is 10.4 Å². The highest BCUT2D eigenvalue weighted by atomic mass is 16.5. The van der Waals surface area contributed by atoms with Crippen LogP contribution < -0.4 is 0 Å². The molecule has 2 fully saturated rings. The number of hydrogen-bond acceptors (Lipinski definition) is 3. The van der Waals surface area contributed by atoms with Gasteiger partial charge in [-0.2, -0.15) is 0 Å². The van der Waals surface area contributed by atoms with Crippen LogP contribution in [0.4, 0.5) is 0 Å². The van der Waals surface area contributed by atoms with E-state index in [0.717, 1.165) is 12.8 Å². The summed E-state index contributed by atoms with van der Waals surface area (Å²) in [4.78, 5) is 16.0. The third-order valence-electron chi connectivity index (χ3n) is 3.27. The first-order valence-electron chi connectivity index (χ1n) is 5.15. The molecule has 0 saturated carbocycles. The first-order chi connectivity index (χ1) is 7.19. The van der Waals surface area contributed by atoms with Gasteiger partial charge in [-0.15, -0.1) is 0 Å². The van der Waals surface area contributed by atoms with Crippen LogP contribution in [-0.2, 0) is 9.53 Å². The van der Waals surface area contributed by atoms with Crippen molar-refractivity contribution in [2.45, 2.75) is 44.1 Å². The number of hydrogen-bond donors (Lipinski definition) is 0. The number of carbonyl (C=O) groups excluding carboxylic acids is 1. The molecule has 0 aromatic carbocycles. The van der Waals surface area contributed by atoms with Crippen molar-refractivity contribution >= 4 is 5.91 Å². The van der Waals surface area contributed by atoms with Crippen LogP contribution in [0, 0.1) is 0 Å². The number of likely N-dealkylation sites (N-methyl/N-ethyl adjacent to an activating group) is 1. The summed E-state index contributed by atoms with van der Waals surface area (Å²) in [6.45, 7) is 2.05. The zero-order valence-electron chi connectivity index (χ0n) is 8.83. The number of carbonyl (C=O) groups is 1. The van der Waals surface area contributed by atoms with Crippen LogP contribution in [0.5, 0.6) is 0 Å². The van der Waals surface area contributed by atoms with E-state index >= 15 is 0 Å². The lowest BCUT2D eigenvalue weighted by atomic mass is 10.1. The van der Waals surface area contributed by atoms with Crippen LogP contribution in [0.3, 0.4) is 0 Å². The summed E-state index contributed by atoms with van der Waals surface area (Å²) in [6, 6.07) is -0.584. The van der Waals surface area contributed by atoms with Gasteiger partial charge in [-0.05, 0) is 18.4 Å². The molecule has 2 aliphatic heterocycles. The van der Waals surface area contributed by atoms with Crippen LogP contribution in [-0.4, -0.2) is 42.1 Å². The van der Waals surface area contributed by atoms with Gasteiger partial charge in [0.05, 0.1) is 18.2 Å². The van der Waals surface area contributed by atoms with E-state index in [2.05, 4.69) is 16.9 Å². The quantitative estimate of drug-likeness (QED) is 0.388. The van der Waals surface area contributed by atoms with Crippen molar-refractivity contribution in [3.8, 4) is 0 Å². The maximum atomic E-state index is 11.7. The Balaban J connectivity index is 2.21. The lowest BCUT2D eigenvalue weighted by Crippen LogP contribution is -2.31. The van der Waals surface area contributed by atoms with E-state index in [9.17, 15) is 4.79 Å². The number of nitrogens with zero attached hydrogens (tertiary/aromatic N) is 4. The highest BCUT2D eigenvalue weighted by Crippen LogP contribution is 2.35. The molecule has 2 saturated heterocycles. The number of ether oxygens (including phenoxy) is 1. The lowest BCUT2D eigenvalue weighted by molar-refractivity contribution is -0.129. The number of rotatable bonds is 2. The molecule has 0 N–H and O–H groups in total. The molecule has 0 spiro atoms. The molecule has 0 bridgehead atoms. The zero-order chi connectivity index (χ0) is 11.0. The fourth-order valence-corrected chi connectivity index (χ4v) is 2.38. The summed E-state index contributed by atoms with van der Waals surface area (Å²) >= 11 is 0. The van der Waals surface area contributed by atoms with Crippen molar-refractivity contribution in [2.75, 3.05) is 7.05 Å². The molecule has 0 aliphatic carbocycles. The molecular formula is C9H14N4O2. The fourth-order valence-electron chi connectivity index (χ4n) is 2.38. The van der Waals surface area contributed by atoms with Gasteiger partial charge in [-0.25, -0.2) is 0 Å². The van der Waals surface area contributed by atoms with Crippen molar-refractivity contribution in [2.24, 2.45) is 5.11 Å². The summed E-state index contributed by atoms with van der Waals surface area (Å²) in [5.41, 5.74) is 8.41. The van der Waals surface area contributed by atoms with E-state index in [-0.39, 0.29) is 24.2 Å². The van der Waals surface area contributed by atoms with E-state index in [4.69, 9.17) is 10.3 Å². The van der Waals surface area contributed by atoms with Crippen LogP contribution in [0.1, 0.15) is 19.8 Å². The van der Waals surface area contributed by atoms with Crippen molar-refractivity contribution < 1.29 is 9.53 Å². The van der Waals surface area contributed by atoms with Gasteiger partial charge in [0, 0.05) is 12.0 Å². The highest BCUT2D eigenvalue weighted by Gasteiger charge is 2.51. The first-order valence-corrected chi connectivity index (χ1v) is 5.15. The molecule has 0 aromatic heterocycles. The molecule has 6 heteroatoms. The predicted molar refractivity (Wildman–Crippen MR) is 53.1 cm³/mol. The summed E-state index contributed by atoms with van der Waals surface area (Å²) in [7, 11) is 1.74. The molecule has 4 atom stereocenters. The van der Waals surface area contributed by atoms with E-state index in [1.165, 1.54) is 0 Å². The minimum absolute atomic E-state index is 0.0814. The Labute approximate surface area is 87.8 Å². The second-order valence-electron chi connectivity index (χ2n) is 4.03. The third kappa shape index (κ3) is 1.46. The van der Waals surface area contributed by atoms with Crippen molar-refractivity contribution in [3.63, 3.8) is 0 Å². The van der Waals surface area contributed by atoms with Gasteiger partial charge in [0.2, 0.25) is 5.91 Å². The van der Waals surface area contributed by atoms with Gasteiger partial charge in [0.15, 0.2) is 0 Å². The maximum Gasteiger partial charge on any atom is 0.234 e. The molecule has 1 amide bonds. The Kier molecular flexibility index (Phi) is 2.54. The van der Waals surface area contributed by atoms with Crippen LogP contribution in [0.25, 0.3) is 10.4 Å². The minimum atomic E-state index is -0.665. The minimum Gasteiger partial charge on any atom is -0.372 e. The van der Waals surface area contributed by atoms with E-state index in [0.29, 0.717) is 0 Å². The smallest absolute Gasteiger partial charge is 0.234 e. The van der Waals surface area contributed by atoms with Gasteiger partial charge < -0.3 is 9.64 Å². The topological polar surface area (TPSA) is 78.3 Å². The highest BCUT2D eigenvalue weighted by molar-refractivity contribution is 5.85. The normalized spacial score (nSPS) is 39.1. The molecule has 0 radical (unpaired) electrons. The lowest BCUT2D eigenvalue weighted by Gasteiger charge is -2.16. The molecular weight excluding hydrogens is 196 g/mol. The Bertz CT molecular complexity index is 326. The van der Waals surface area contributed by atoms with E-state index in [1.54, 1.807) is 11.9 Å². The standard InChI is InChI=1S/C9H14N4O2/c1-3-5-4-6-8(15-5)7(11-12-10)9(14)13(6)2/h5-8H,3-4H2,1-2H3/t5?,6-,7?,8?/m0/s1. The van der Waals surface area contributed by atoms with Gasteiger partial charge in [-0.1, -0.05) is 12.0 Å². The SMILES string of the molecule is CCC1C[C@H]2C(O1)C(N=[N+]=[N-])C(=O)N2C. The summed E-state index contributed by atoms with van der Waals surface area (Å²) < 4.78 is 5.71. The van der Waals surface area contributed by atoms with Crippen molar-refractivity contribution in [1.29, 1.82) is 0 Å². The summed E-state index contributed by atoms with van der Waals surface area (Å²) in [6.07, 6.45) is 1.72. The molecule has 0 aromatic rings. The van der Waals surface area contributed by atoms with Crippen molar-refractivity contribution in [1.82, 2.24) is 4.90 Å².